The third kappa shape index (κ3) is 24.0. The van der Waals surface area contributed by atoms with E-state index in [2.05, 4.69) is 13.8 Å². The summed E-state index contributed by atoms with van der Waals surface area (Å²) in [5.74, 6) is 0. The molecule has 35 heavy (non-hydrogen) atoms. The van der Waals surface area contributed by atoms with Crippen LogP contribution in [0.4, 0.5) is 0 Å². The van der Waals surface area contributed by atoms with Crippen molar-refractivity contribution >= 4 is 0 Å². The maximum absolute atomic E-state index is 9.71. The van der Waals surface area contributed by atoms with Gasteiger partial charge in [-0.05, 0) is 25.7 Å². The Hall–Kier alpha value is -0.120. The Morgan fingerprint density at radius 1 is 0.314 bits per heavy atom. The zero-order chi connectivity index (χ0) is 25.7. The number of nitrogens with zero attached hydrogens (tertiary/aromatic N) is 1. The standard InChI is InChI=1S/C32H68NO2/c1-3-5-7-9-11-13-15-17-19-21-23-25-27-33(29-31-34,30-32-35)28-26-24-22-20-18-16-14-12-10-8-6-4-2/h34-35H,3-32H2,1-2H3/q+1. The molecule has 0 aliphatic carbocycles. The molecule has 0 aromatic carbocycles. The van der Waals surface area contributed by atoms with Crippen molar-refractivity contribution in [1.29, 1.82) is 0 Å². The van der Waals surface area contributed by atoms with Gasteiger partial charge in [0.05, 0.1) is 26.3 Å². The number of aliphatic hydroxyl groups is 2. The Bertz CT molecular complexity index is 352. The summed E-state index contributed by atoms with van der Waals surface area (Å²) in [6, 6.07) is 0. The predicted molar refractivity (Wildman–Crippen MR) is 156 cm³/mol. The molecule has 212 valence electrons. The minimum absolute atomic E-state index is 0.247. The molecular weight excluding hydrogens is 430 g/mol. The van der Waals surface area contributed by atoms with Gasteiger partial charge in [0.15, 0.2) is 0 Å². The molecule has 0 aromatic heterocycles. The number of rotatable bonds is 30. The van der Waals surface area contributed by atoms with Gasteiger partial charge in [-0.25, -0.2) is 0 Å². The van der Waals surface area contributed by atoms with Crippen LogP contribution in [0.1, 0.15) is 168 Å². The number of hydrogen-bond donors (Lipinski definition) is 2. The molecule has 0 aliphatic heterocycles. The lowest BCUT2D eigenvalue weighted by molar-refractivity contribution is -0.929. The molecule has 0 amide bonds. The Balaban J connectivity index is 3.84. The van der Waals surface area contributed by atoms with E-state index in [1.165, 1.54) is 154 Å². The second-order valence-electron chi connectivity index (χ2n) is 11.5. The molecule has 0 aromatic rings. The van der Waals surface area contributed by atoms with Gasteiger partial charge in [-0.3, -0.25) is 0 Å². The lowest BCUT2D eigenvalue weighted by atomic mass is 10.0. The van der Waals surface area contributed by atoms with Gasteiger partial charge in [-0.2, -0.15) is 0 Å². The van der Waals surface area contributed by atoms with Gasteiger partial charge >= 0.3 is 0 Å². The molecule has 0 atom stereocenters. The molecule has 0 spiro atoms. The summed E-state index contributed by atoms with van der Waals surface area (Å²) >= 11 is 0. The van der Waals surface area contributed by atoms with E-state index in [1.807, 2.05) is 0 Å². The van der Waals surface area contributed by atoms with E-state index in [4.69, 9.17) is 0 Å². The smallest absolute Gasteiger partial charge is 0.102 e. The van der Waals surface area contributed by atoms with E-state index in [1.54, 1.807) is 0 Å². The van der Waals surface area contributed by atoms with Crippen molar-refractivity contribution < 1.29 is 14.7 Å². The van der Waals surface area contributed by atoms with Crippen LogP contribution >= 0.6 is 0 Å². The van der Waals surface area contributed by atoms with Crippen LogP contribution in [-0.2, 0) is 0 Å². The largest absolute Gasteiger partial charge is 0.391 e. The summed E-state index contributed by atoms with van der Waals surface area (Å²) < 4.78 is 0.933. The number of unbranched alkanes of at least 4 members (excludes halogenated alkanes) is 22. The van der Waals surface area contributed by atoms with Crippen LogP contribution in [0.15, 0.2) is 0 Å². The second-order valence-corrected chi connectivity index (χ2v) is 11.5. The van der Waals surface area contributed by atoms with Crippen molar-refractivity contribution in [2.75, 3.05) is 39.4 Å². The highest BCUT2D eigenvalue weighted by Crippen LogP contribution is 2.17. The van der Waals surface area contributed by atoms with Crippen LogP contribution in [0.5, 0.6) is 0 Å². The van der Waals surface area contributed by atoms with Gasteiger partial charge in [0.2, 0.25) is 0 Å². The van der Waals surface area contributed by atoms with E-state index in [0.717, 1.165) is 30.7 Å². The van der Waals surface area contributed by atoms with Gasteiger partial charge in [-0.15, -0.1) is 0 Å². The maximum atomic E-state index is 9.71. The highest BCUT2D eigenvalue weighted by molar-refractivity contribution is 4.53. The SMILES string of the molecule is CCCCCCCCCCCCCC[N+](CCO)(CCO)CCCCCCCCCCCCCC. The first-order chi connectivity index (χ1) is 17.2. The van der Waals surface area contributed by atoms with Crippen molar-refractivity contribution in [3.8, 4) is 0 Å². The summed E-state index contributed by atoms with van der Waals surface area (Å²) in [5.41, 5.74) is 0. The maximum Gasteiger partial charge on any atom is 0.102 e. The summed E-state index contributed by atoms with van der Waals surface area (Å²) in [6.45, 7) is 8.97. The zero-order valence-corrected chi connectivity index (χ0v) is 24.6. The predicted octanol–water partition coefficient (Wildman–Crippen LogP) is 9.19. The van der Waals surface area contributed by atoms with Gasteiger partial charge in [0, 0.05) is 0 Å². The first-order valence-electron chi connectivity index (χ1n) is 16.3. The monoisotopic (exact) mass is 499 g/mol. The third-order valence-electron chi connectivity index (χ3n) is 8.12. The highest BCUT2D eigenvalue weighted by atomic mass is 16.3. The third-order valence-corrected chi connectivity index (χ3v) is 8.12. The summed E-state index contributed by atoms with van der Waals surface area (Å²) in [5, 5.41) is 19.4. The summed E-state index contributed by atoms with van der Waals surface area (Å²) in [7, 11) is 0. The average molecular weight is 499 g/mol. The van der Waals surface area contributed by atoms with Gasteiger partial charge < -0.3 is 14.7 Å². The lowest BCUT2D eigenvalue weighted by Gasteiger charge is -2.38. The molecule has 0 aliphatic rings. The number of hydrogen-bond acceptors (Lipinski definition) is 2. The molecule has 0 saturated heterocycles. The van der Waals surface area contributed by atoms with Crippen LogP contribution in [-0.4, -0.2) is 54.1 Å². The fourth-order valence-corrected chi connectivity index (χ4v) is 5.67. The number of aliphatic hydroxyl groups excluding tert-OH is 2. The highest BCUT2D eigenvalue weighted by Gasteiger charge is 2.25. The Morgan fingerprint density at radius 2 is 0.543 bits per heavy atom. The van der Waals surface area contributed by atoms with E-state index in [9.17, 15) is 10.2 Å². The molecular formula is C32H68NO2+. The molecule has 0 fully saturated rings. The molecule has 0 radical (unpaired) electrons. The Morgan fingerprint density at radius 3 is 0.771 bits per heavy atom. The Labute approximate surface area is 222 Å². The van der Waals surface area contributed by atoms with E-state index < -0.39 is 0 Å². The van der Waals surface area contributed by atoms with Crippen molar-refractivity contribution in [1.82, 2.24) is 0 Å². The van der Waals surface area contributed by atoms with Crippen molar-refractivity contribution in [2.24, 2.45) is 0 Å². The summed E-state index contributed by atoms with van der Waals surface area (Å²) in [4.78, 5) is 0. The van der Waals surface area contributed by atoms with E-state index >= 15 is 0 Å². The van der Waals surface area contributed by atoms with Crippen molar-refractivity contribution in [3.05, 3.63) is 0 Å². The molecule has 2 N–H and O–H groups in total. The van der Waals surface area contributed by atoms with E-state index in [0.29, 0.717) is 0 Å². The topological polar surface area (TPSA) is 40.5 Å². The van der Waals surface area contributed by atoms with Crippen LogP contribution in [0.25, 0.3) is 0 Å². The van der Waals surface area contributed by atoms with Gasteiger partial charge in [0.1, 0.15) is 13.1 Å². The quantitative estimate of drug-likeness (QED) is 0.0765. The molecule has 0 rings (SSSR count). The molecule has 3 heteroatoms. The van der Waals surface area contributed by atoms with Crippen LogP contribution in [0.2, 0.25) is 0 Å². The molecule has 0 saturated carbocycles. The van der Waals surface area contributed by atoms with Crippen LogP contribution in [0.3, 0.4) is 0 Å². The normalized spacial score (nSPS) is 12.0. The van der Waals surface area contributed by atoms with Crippen molar-refractivity contribution in [3.63, 3.8) is 0 Å². The molecule has 0 heterocycles. The zero-order valence-electron chi connectivity index (χ0n) is 24.6. The van der Waals surface area contributed by atoms with Gasteiger partial charge in [-0.1, -0.05) is 142 Å². The Kier molecular flexibility index (Phi) is 28.4. The van der Waals surface area contributed by atoms with Crippen LogP contribution < -0.4 is 0 Å². The fraction of sp³-hybridized carbons (Fsp3) is 1.00. The van der Waals surface area contributed by atoms with Crippen LogP contribution in [0, 0.1) is 0 Å². The minimum atomic E-state index is 0.247. The second kappa shape index (κ2) is 28.5. The molecule has 3 nitrogen and oxygen atoms in total. The summed E-state index contributed by atoms with van der Waals surface area (Å²) in [6.07, 6.45) is 33.2. The lowest BCUT2D eigenvalue weighted by Crippen LogP contribution is -2.52. The van der Waals surface area contributed by atoms with E-state index in [-0.39, 0.29) is 13.2 Å². The first-order valence-corrected chi connectivity index (χ1v) is 16.3. The van der Waals surface area contributed by atoms with Crippen molar-refractivity contribution in [2.45, 2.75) is 168 Å². The molecule has 0 bridgehead atoms. The average Bonchev–Trinajstić information content (AvgIpc) is 2.85. The minimum Gasteiger partial charge on any atom is -0.391 e. The first kappa shape index (κ1) is 34.9. The fourth-order valence-electron chi connectivity index (χ4n) is 5.67. The number of quaternary nitrogens is 1. The molecule has 0 unspecified atom stereocenters. The van der Waals surface area contributed by atoms with Gasteiger partial charge in [0.25, 0.3) is 0 Å².